The summed E-state index contributed by atoms with van der Waals surface area (Å²) in [5.74, 6) is -0.437. The Hall–Kier alpha value is -5.13. The molecule has 0 aliphatic heterocycles. The van der Waals surface area contributed by atoms with Gasteiger partial charge in [-0.05, 0) is 49.9 Å². The second-order valence-electron chi connectivity index (χ2n) is 11.4. The third-order valence-corrected chi connectivity index (χ3v) is 7.24. The molecule has 10 N–H and O–H groups in total. The number of hydrogen-bond donors (Lipinski definition) is 0. The molecule has 28 heteroatoms. The van der Waals surface area contributed by atoms with Crippen LogP contribution in [0, 0.1) is 30.6 Å². The van der Waals surface area contributed by atoms with Crippen LogP contribution < -0.4 is 40.9 Å². The topological polar surface area (TPSA) is 495 Å². The van der Waals surface area contributed by atoms with Gasteiger partial charge in [0.1, 0.15) is 0 Å². The zero-order chi connectivity index (χ0) is 46.2. The third kappa shape index (κ3) is 38.9. The number of hydrogen-bond acceptors (Lipinski definition) is 18. The minimum absolute atomic E-state index is 0. The summed E-state index contributed by atoms with van der Waals surface area (Å²) in [5.41, 5.74) is 4.21. The van der Waals surface area contributed by atoms with E-state index in [-0.39, 0.29) is 138 Å². The monoisotopic (exact) mass is 1140 g/mol. The Labute approximate surface area is 433 Å². The summed E-state index contributed by atoms with van der Waals surface area (Å²) in [6.45, 7) is 7.01. The number of para-hydroxylation sites is 4. The third-order valence-electron chi connectivity index (χ3n) is 7.24. The van der Waals surface area contributed by atoms with Crippen molar-refractivity contribution in [1.82, 2.24) is 0 Å². The zero-order valence-corrected chi connectivity index (χ0v) is 41.3. The number of nitrogens with zero attached hydrogens (tertiary/aromatic N) is 6. The van der Waals surface area contributed by atoms with Gasteiger partial charge in [-0.2, -0.15) is 14.2 Å². The van der Waals surface area contributed by atoms with E-state index in [0.29, 0.717) is 45.1 Å². The van der Waals surface area contributed by atoms with Gasteiger partial charge in [0.05, 0.1) is 10.2 Å². The fourth-order valence-electron chi connectivity index (χ4n) is 4.47. The smallest absolute Gasteiger partial charge is 0.872 e. The normalized spacial score (nSPS) is 10.6. The minimum atomic E-state index is -1.75. The molecule has 0 fully saturated rings. The maximum atomic E-state index is 12.0. The van der Waals surface area contributed by atoms with E-state index in [1.54, 1.807) is 100 Å². The molecule has 0 heterocycles. The van der Waals surface area contributed by atoms with Crippen LogP contribution in [0.25, 0.3) is 0 Å². The number of benzene rings is 4. The van der Waals surface area contributed by atoms with Crippen LogP contribution in [0.2, 0.25) is 0 Å². The van der Waals surface area contributed by atoms with E-state index in [1.807, 2.05) is 0 Å². The maximum Gasteiger partial charge on any atom is 3.00 e. The first-order valence-electron chi connectivity index (χ1n) is 17.3. The SMILES string of the molecule is CC(=NCC([O-])CN=C(C)c1ccccc1[O-])c1ccccc1[O-].CC(=NCC([O-])CN=C(C)c1ccccc1[O-])c1ccccc1[O-].C[O-].C[O-].O.O.O=[N+]([O-])[O-].O=[N+]([O-])[O-].[Co+2].[Co+2].[Co+3].[Co+3].[OH3+].[OH3+]. The molecule has 0 aliphatic rings. The molecule has 0 unspecified atom stereocenters. The minimum Gasteiger partial charge on any atom is -0.872 e. The summed E-state index contributed by atoms with van der Waals surface area (Å²) in [6, 6.07) is 26.4. The van der Waals surface area contributed by atoms with Gasteiger partial charge in [0.15, 0.2) is 0 Å². The Morgan fingerprint density at radius 1 is 0.426 bits per heavy atom. The van der Waals surface area contributed by atoms with Crippen LogP contribution in [0.5, 0.6) is 23.0 Å². The van der Waals surface area contributed by atoms with Crippen molar-refractivity contribution in [2.45, 2.75) is 39.9 Å². The second kappa shape index (κ2) is 51.3. The van der Waals surface area contributed by atoms with Crippen molar-refractivity contribution in [2.75, 3.05) is 40.4 Å². The molecular weight excluding hydrogens is 1090 g/mol. The molecule has 0 aliphatic carbocycles. The van der Waals surface area contributed by atoms with E-state index in [2.05, 4.69) is 20.0 Å². The Balaban J connectivity index is -0.0000000914. The molecule has 0 atom stereocenters. The molecule has 4 aromatic carbocycles. The molecule has 24 nitrogen and oxygen atoms in total. The molecular formula is C40H54Co4N6O18+2. The van der Waals surface area contributed by atoms with Gasteiger partial charge in [0, 0.05) is 49.0 Å². The van der Waals surface area contributed by atoms with Gasteiger partial charge in [0.25, 0.3) is 0 Å². The van der Waals surface area contributed by atoms with Crippen LogP contribution in [0.3, 0.4) is 0 Å². The summed E-state index contributed by atoms with van der Waals surface area (Å²) in [6.07, 6.45) is -2.04. The van der Waals surface area contributed by atoms with Crippen LogP contribution in [0.15, 0.2) is 117 Å². The zero-order valence-electron chi connectivity index (χ0n) is 37.1. The Morgan fingerprint density at radius 2 is 0.559 bits per heavy atom. The first-order valence-corrected chi connectivity index (χ1v) is 17.3. The Bertz CT molecular complexity index is 1740. The Morgan fingerprint density at radius 3 is 0.691 bits per heavy atom. The van der Waals surface area contributed by atoms with Crippen LogP contribution in [-0.4, -0.2) is 96.6 Å². The number of rotatable bonds is 12. The summed E-state index contributed by atoms with van der Waals surface area (Å²) in [5, 5.41) is 117. The quantitative estimate of drug-likeness (QED) is 0.0561. The predicted molar refractivity (Wildman–Crippen MR) is 229 cm³/mol. The van der Waals surface area contributed by atoms with E-state index in [1.165, 1.54) is 24.3 Å². The van der Waals surface area contributed by atoms with Crippen LogP contribution >= 0.6 is 0 Å². The van der Waals surface area contributed by atoms with Gasteiger partial charge in [0.2, 0.25) is 0 Å². The maximum absolute atomic E-state index is 12.0. The van der Waals surface area contributed by atoms with E-state index in [9.17, 15) is 30.6 Å². The summed E-state index contributed by atoms with van der Waals surface area (Å²) in [7, 11) is 1.50. The predicted octanol–water partition coefficient (Wildman–Crippen LogP) is -4.27. The first-order chi connectivity index (χ1) is 28.4. The van der Waals surface area contributed by atoms with Gasteiger partial charge in [-0.3, -0.25) is 20.0 Å². The molecule has 68 heavy (non-hydrogen) atoms. The average Bonchev–Trinajstić information content (AvgIpc) is 3.22. The van der Waals surface area contributed by atoms with E-state index in [0.717, 1.165) is 14.2 Å². The van der Waals surface area contributed by atoms with Crippen molar-refractivity contribution >= 4 is 22.8 Å². The molecule has 0 spiro atoms. The molecule has 386 valence electrons. The van der Waals surface area contributed by atoms with E-state index < -0.39 is 22.4 Å². The summed E-state index contributed by atoms with van der Waals surface area (Å²) < 4.78 is 0. The molecule has 2 radical (unpaired) electrons. The molecule has 0 saturated carbocycles. The fraction of sp³-hybridized carbons (Fsp3) is 0.300. The first kappa shape index (κ1) is 86.1. The molecule has 4 aromatic rings. The van der Waals surface area contributed by atoms with Gasteiger partial charge in [-0.25, -0.2) is 0 Å². The molecule has 4 rings (SSSR count). The van der Waals surface area contributed by atoms with Crippen molar-refractivity contribution < 1.29 is 140 Å². The van der Waals surface area contributed by atoms with Crippen LogP contribution in [0.1, 0.15) is 49.9 Å². The number of aliphatic imine (C=N–C) groups is 4. The van der Waals surface area contributed by atoms with Crippen molar-refractivity contribution in [3.8, 4) is 23.0 Å². The van der Waals surface area contributed by atoms with Crippen molar-refractivity contribution in [3.63, 3.8) is 0 Å². The van der Waals surface area contributed by atoms with Gasteiger partial charge in [-0.15, -0.1) is 0 Å². The van der Waals surface area contributed by atoms with E-state index in [4.69, 9.17) is 40.9 Å². The largest absolute Gasteiger partial charge is 3.00 e. The van der Waals surface area contributed by atoms with Gasteiger partial charge >= 0.3 is 67.1 Å². The average molecular weight is 1140 g/mol. The van der Waals surface area contributed by atoms with Crippen LogP contribution in [0.4, 0.5) is 0 Å². The van der Waals surface area contributed by atoms with Crippen molar-refractivity contribution in [1.29, 1.82) is 0 Å². The van der Waals surface area contributed by atoms with Crippen molar-refractivity contribution in [2.24, 2.45) is 20.0 Å². The molecule has 0 saturated heterocycles. The molecule has 0 bridgehead atoms. The van der Waals surface area contributed by atoms with Crippen LogP contribution in [-0.2, 0) is 78.1 Å². The molecule has 0 aromatic heterocycles. The van der Waals surface area contributed by atoms with Crippen molar-refractivity contribution in [3.05, 3.63) is 150 Å². The standard InChI is InChI=1S/2C19H21N2O3.2CH3O.4Co.2NO3.4H2O/c2*1-13(16-7-3-5-9-18(16)23)20-11-15(22)12-21-14(2)17-8-4-6-10-19(17)24;2*1-2;;;;;2*2-1(3)4;;;;/h2*3-10,15,23-24H,11-12H2,1-2H3;2*1H3;;;;;;;4*1H2/q4*-1;2*+2;2*+3;2*-1;;;;/p-2. The second-order valence-corrected chi connectivity index (χ2v) is 11.4. The summed E-state index contributed by atoms with van der Waals surface area (Å²) >= 11 is 0. The molecule has 0 amide bonds. The fourth-order valence-corrected chi connectivity index (χ4v) is 4.47. The van der Waals surface area contributed by atoms with Gasteiger partial charge in [-0.1, -0.05) is 132 Å². The van der Waals surface area contributed by atoms with Gasteiger partial charge < -0.3 is 93.4 Å². The Kier molecular flexibility index (Phi) is 64.9. The summed E-state index contributed by atoms with van der Waals surface area (Å²) in [4.78, 5) is 33.3. The van der Waals surface area contributed by atoms with E-state index >= 15 is 0 Å².